The molecule has 0 radical (unpaired) electrons. The van der Waals surface area contributed by atoms with Crippen molar-refractivity contribution < 1.29 is 19.1 Å². The second kappa shape index (κ2) is 7.96. The minimum Gasteiger partial charge on any atom is -0.504 e. The van der Waals surface area contributed by atoms with Crippen molar-refractivity contribution in [1.82, 2.24) is 4.98 Å². The van der Waals surface area contributed by atoms with Gasteiger partial charge in [0.1, 0.15) is 12.1 Å². The highest BCUT2D eigenvalue weighted by atomic mass is 35.5. The maximum Gasteiger partial charge on any atom is 0.263 e. The smallest absolute Gasteiger partial charge is 0.263 e. The van der Waals surface area contributed by atoms with Crippen LogP contribution in [0.15, 0.2) is 48.7 Å². The molecule has 0 saturated carbocycles. The zero-order valence-electron chi connectivity index (χ0n) is 14.5. The number of carbonyl (C=O) groups excluding carboxylic acids is 2. The molecule has 8 heteroatoms. The van der Waals surface area contributed by atoms with Crippen molar-refractivity contribution in [2.45, 2.75) is 0 Å². The van der Waals surface area contributed by atoms with Crippen LogP contribution in [0.1, 0.15) is 20.7 Å². The molecule has 5 nitrogen and oxygen atoms in total. The molecule has 3 aromatic rings. The van der Waals surface area contributed by atoms with Crippen molar-refractivity contribution in [3.8, 4) is 16.9 Å². The molecule has 0 unspecified atom stereocenters. The molecule has 1 heterocycles. The Morgan fingerprint density at radius 3 is 2.57 bits per heavy atom. The van der Waals surface area contributed by atoms with Crippen LogP contribution in [-0.4, -0.2) is 29.3 Å². The van der Waals surface area contributed by atoms with Crippen LogP contribution in [0.4, 0.5) is 10.2 Å². The second-order valence-electron chi connectivity index (χ2n) is 5.88. The Labute approximate surface area is 170 Å². The predicted octanol–water partition coefficient (Wildman–Crippen LogP) is 4.99. The predicted molar refractivity (Wildman–Crippen MR) is 106 cm³/mol. The van der Waals surface area contributed by atoms with Crippen molar-refractivity contribution in [3.05, 3.63) is 75.7 Å². The molecule has 0 aliphatic carbocycles. The third-order valence-electron chi connectivity index (χ3n) is 4.08. The number of aromatic hydroxyl groups is 1. The first-order valence-corrected chi connectivity index (χ1v) is 8.75. The van der Waals surface area contributed by atoms with Gasteiger partial charge in [-0.1, -0.05) is 35.3 Å². The standard InChI is InChI=1S/C20H13Cl2FN2O3/c1-25(20(28)18-15(22)3-2-4-16(18)23)19-17(27)8-12(9-24-19)13-7-11(10-26)5-6-14(13)21/h2-10,27H,1H3. The van der Waals surface area contributed by atoms with Gasteiger partial charge in [-0.05, 0) is 30.3 Å². The van der Waals surface area contributed by atoms with Crippen molar-refractivity contribution in [1.29, 1.82) is 0 Å². The average molecular weight is 419 g/mol. The number of pyridine rings is 1. The normalized spacial score (nSPS) is 10.6. The molecule has 0 bridgehead atoms. The monoisotopic (exact) mass is 418 g/mol. The third kappa shape index (κ3) is 3.69. The molecule has 0 aliphatic rings. The molecular weight excluding hydrogens is 406 g/mol. The number of hydrogen-bond donors (Lipinski definition) is 1. The van der Waals surface area contributed by atoms with E-state index >= 15 is 0 Å². The molecule has 0 atom stereocenters. The van der Waals surface area contributed by atoms with Crippen molar-refractivity contribution in [3.63, 3.8) is 0 Å². The Balaban J connectivity index is 1.99. The van der Waals surface area contributed by atoms with Gasteiger partial charge in [-0.15, -0.1) is 0 Å². The molecule has 28 heavy (non-hydrogen) atoms. The van der Waals surface area contributed by atoms with Gasteiger partial charge in [-0.3, -0.25) is 14.5 Å². The first-order chi connectivity index (χ1) is 13.3. The van der Waals surface area contributed by atoms with Gasteiger partial charge in [-0.2, -0.15) is 0 Å². The fraction of sp³-hybridized carbons (Fsp3) is 0.0500. The highest BCUT2D eigenvalue weighted by molar-refractivity contribution is 6.34. The molecule has 142 valence electrons. The zero-order valence-corrected chi connectivity index (χ0v) is 16.0. The Morgan fingerprint density at radius 2 is 1.93 bits per heavy atom. The molecule has 0 saturated heterocycles. The van der Waals surface area contributed by atoms with E-state index in [1.54, 1.807) is 18.2 Å². The van der Waals surface area contributed by atoms with Gasteiger partial charge in [0.15, 0.2) is 11.6 Å². The summed E-state index contributed by atoms with van der Waals surface area (Å²) in [7, 11) is 1.34. The van der Waals surface area contributed by atoms with E-state index in [0.29, 0.717) is 28.0 Å². The van der Waals surface area contributed by atoms with E-state index in [1.807, 2.05) is 0 Å². The Morgan fingerprint density at radius 1 is 1.18 bits per heavy atom. The van der Waals surface area contributed by atoms with Crippen LogP contribution in [0, 0.1) is 5.82 Å². The zero-order chi connectivity index (χ0) is 20.4. The topological polar surface area (TPSA) is 70.5 Å². The average Bonchev–Trinajstić information content (AvgIpc) is 2.67. The number of aldehydes is 1. The van der Waals surface area contributed by atoms with Gasteiger partial charge in [0.2, 0.25) is 0 Å². The molecule has 0 aliphatic heterocycles. The third-order valence-corrected chi connectivity index (χ3v) is 4.73. The van der Waals surface area contributed by atoms with Gasteiger partial charge in [0, 0.05) is 35.0 Å². The van der Waals surface area contributed by atoms with Crippen LogP contribution in [0.5, 0.6) is 5.75 Å². The molecule has 2 aromatic carbocycles. The highest BCUT2D eigenvalue weighted by Gasteiger charge is 2.23. The minimum absolute atomic E-state index is 0.0505. The lowest BCUT2D eigenvalue weighted by molar-refractivity contribution is 0.0987. The summed E-state index contributed by atoms with van der Waals surface area (Å²) in [5, 5.41) is 10.7. The lowest BCUT2D eigenvalue weighted by Gasteiger charge is -2.19. The molecular formula is C20H13Cl2FN2O3. The highest BCUT2D eigenvalue weighted by Crippen LogP contribution is 2.34. The summed E-state index contributed by atoms with van der Waals surface area (Å²) in [6, 6.07) is 9.92. The summed E-state index contributed by atoms with van der Waals surface area (Å²) in [4.78, 5) is 28.7. The van der Waals surface area contributed by atoms with Gasteiger partial charge < -0.3 is 5.11 Å². The number of hydrogen-bond acceptors (Lipinski definition) is 4. The minimum atomic E-state index is -0.780. The first-order valence-electron chi connectivity index (χ1n) is 7.99. The quantitative estimate of drug-likeness (QED) is 0.605. The number of halogens is 3. The van der Waals surface area contributed by atoms with E-state index in [-0.39, 0.29) is 22.2 Å². The summed E-state index contributed by atoms with van der Waals surface area (Å²) < 4.78 is 14.0. The SMILES string of the molecule is CN(C(=O)c1c(F)cccc1Cl)c1ncc(-c2cc(C=O)ccc2Cl)cc1O. The summed E-state index contributed by atoms with van der Waals surface area (Å²) in [6.45, 7) is 0. The fourth-order valence-electron chi connectivity index (χ4n) is 2.66. The molecule has 1 amide bonds. The molecule has 0 spiro atoms. The Bertz CT molecular complexity index is 1070. The van der Waals surface area contributed by atoms with Gasteiger partial charge in [0.05, 0.1) is 10.6 Å². The van der Waals surface area contributed by atoms with E-state index < -0.39 is 11.7 Å². The van der Waals surface area contributed by atoms with Crippen LogP contribution < -0.4 is 4.90 Å². The number of anilines is 1. The molecule has 3 rings (SSSR count). The number of nitrogens with zero attached hydrogens (tertiary/aromatic N) is 2. The lowest BCUT2D eigenvalue weighted by atomic mass is 10.0. The number of aromatic nitrogens is 1. The van der Waals surface area contributed by atoms with Crippen LogP contribution in [0.3, 0.4) is 0 Å². The van der Waals surface area contributed by atoms with E-state index in [4.69, 9.17) is 23.2 Å². The van der Waals surface area contributed by atoms with Crippen molar-refractivity contribution >= 4 is 41.2 Å². The molecule has 1 N–H and O–H groups in total. The summed E-state index contributed by atoms with van der Waals surface area (Å²) >= 11 is 12.1. The van der Waals surface area contributed by atoms with E-state index in [9.17, 15) is 19.1 Å². The number of carbonyl (C=O) groups is 2. The van der Waals surface area contributed by atoms with E-state index in [2.05, 4.69) is 4.98 Å². The van der Waals surface area contributed by atoms with E-state index in [1.165, 1.54) is 31.4 Å². The van der Waals surface area contributed by atoms with Gasteiger partial charge in [0.25, 0.3) is 5.91 Å². The fourth-order valence-corrected chi connectivity index (χ4v) is 3.13. The molecule has 1 aromatic heterocycles. The first kappa shape index (κ1) is 19.8. The number of amides is 1. The van der Waals surface area contributed by atoms with Crippen LogP contribution in [-0.2, 0) is 0 Å². The maximum absolute atomic E-state index is 14.0. The lowest BCUT2D eigenvalue weighted by Crippen LogP contribution is -2.28. The van der Waals surface area contributed by atoms with E-state index in [0.717, 1.165) is 11.0 Å². The van der Waals surface area contributed by atoms with Crippen LogP contribution in [0.2, 0.25) is 10.0 Å². The van der Waals surface area contributed by atoms with Crippen LogP contribution >= 0.6 is 23.2 Å². The summed E-state index contributed by atoms with van der Waals surface area (Å²) in [6.07, 6.45) is 2.06. The number of rotatable bonds is 4. The van der Waals surface area contributed by atoms with Gasteiger partial charge >= 0.3 is 0 Å². The van der Waals surface area contributed by atoms with Crippen molar-refractivity contribution in [2.24, 2.45) is 0 Å². The van der Waals surface area contributed by atoms with Crippen LogP contribution in [0.25, 0.3) is 11.1 Å². The second-order valence-corrected chi connectivity index (χ2v) is 6.70. The molecule has 0 fully saturated rings. The summed E-state index contributed by atoms with van der Waals surface area (Å²) in [5.41, 5.74) is 1.02. The van der Waals surface area contributed by atoms with Gasteiger partial charge in [-0.25, -0.2) is 9.37 Å². The number of benzene rings is 2. The Kier molecular flexibility index (Phi) is 5.63. The Hall–Kier alpha value is -2.96. The van der Waals surface area contributed by atoms with Crippen molar-refractivity contribution in [2.75, 3.05) is 11.9 Å². The largest absolute Gasteiger partial charge is 0.504 e. The summed E-state index contributed by atoms with van der Waals surface area (Å²) in [5.74, 6) is -1.96. The maximum atomic E-state index is 14.0.